The van der Waals surface area contributed by atoms with Gasteiger partial charge in [0.05, 0.1) is 17.7 Å². The lowest BCUT2D eigenvalue weighted by Gasteiger charge is -2.15. The van der Waals surface area contributed by atoms with E-state index in [9.17, 15) is 8.42 Å². The molecular formula is C25H18Cl2N4O3S2. The van der Waals surface area contributed by atoms with Gasteiger partial charge in [0.1, 0.15) is 11.3 Å². The number of aryl methyl sites for hydroxylation is 1. The molecule has 0 aliphatic carbocycles. The fourth-order valence-electron chi connectivity index (χ4n) is 3.87. The van der Waals surface area contributed by atoms with Crippen LogP contribution in [0.1, 0.15) is 5.56 Å². The van der Waals surface area contributed by atoms with Crippen molar-refractivity contribution >= 4 is 60.5 Å². The van der Waals surface area contributed by atoms with Gasteiger partial charge in [-0.15, -0.1) is 10.2 Å². The maximum Gasteiger partial charge on any atom is 0.263 e. The second kappa shape index (κ2) is 9.67. The number of hydrogen-bond acceptors (Lipinski definition) is 7. The predicted octanol–water partition coefficient (Wildman–Crippen LogP) is 6.84. The fourth-order valence-corrected chi connectivity index (χ4v) is 5.99. The third-order valence-corrected chi connectivity index (χ3v) is 8.45. The zero-order chi connectivity index (χ0) is 25.4. The van der Waals surface area contributed by atoms with E-state index in [1.165, 1.54) is 11.6 Å². The van der Waals surface area contributed by atoms with Gasteiger partial charge in [-0.25, -0.2) is 8.42 Å². The standard InChI is InChI=1S/C25H18Cl2N4O3S2/c1-14-9-15(3-6-21(14)26)19-12-23(34-2)20(11-22(19)27)24-18-5-4-17(10-16(18)7-8-28-24)36(32,33)31-25-30-29-13-35-25/h3-13H,1-2H3,(H,30,31). The number of sulfonamides is 1. The van der Waals surface area contributed by atoms with Crippen LogP contribution in [-0.4, -0.2) is 30.7 Å². The first-order valence-electron chi connectivity index (χ1n) is 10.6. The summed E-state index contributed by atoms with van der Waals surface area (Å²) in [6.45, 7) is 1.93. The number of ether oxygens (including phenoxy) is 1. The van der Waals surface area contributed by atoms with E-state index in [-0.39, 0.29) is 10.0 Å². The number of pyridine rings is 1. The molecule has 0 fully saturated rings. The summed E-state index contributed by atoms with van der Waals surface area (Å²) in [5.41, 5.74) is 5.41. The number of benzene rings is 3. The van der Waals surface area contributed by atoms with E-state index in [1.54, 1.807) is 31.5 Å². The quantitative estimate of drug-likeness (QED) is 0.246. The zero-order valence-electron chi connectivity index (χ0n) is 19.0. The SMILES string of the molecule is COc1cc(-c2ccc(Cl)c(C)c2)c(Cl)cc1-c1nccc2cc(S(=O)(=O)Nc3nncs3)ccc12. The minimum atomic E-state index is -3.83. The fraction of sp³-hybridized carbons (Fsp3) is 0.0800. The van der Waals surface area contributed by atoms with Gasteiger partial charge < -0.3 is 4.74 Å². The number of halogens is 2. The Balaban J connectivity index is 1.60. The summed E-state index contributed by atoms with van der Waals surface area (Å²) in [6, 6.07) is 16.0. The molecule has 182 valence electrons. The van der Waals surface area contributed by atoms with Gasteiger partial charge in [0.15, 0.2) is 0 Å². The second-order valence-corrected chi connectivity index (χ2v) is 11.2. The summed E-state index contributed by atoms with van der Waals surface area (Å²) < 4.78 is 33.8. The molecule has 1 N–H and O–H groups in total. The lowest BCUT2D eigenvalue weighted by molar-refractivity contribution is 0.416. The van der Waals surface area contributed by atoms with Crippen LogP contribution in [0.4, 0.5) is 5.13 Å². The van der Waals surface area contributed by atoms with Crippen LogP contribution in [0.2, 0.25) is 10.0 Å². The predicted molar refractivity (Wildman–Crippen MR) is 145 cm³/mol. The summed E-state index contributed by atoms with van der Waals surface area (Å²) in [6.07, 6.45) is 1.62. The van der Waals surface area contributed by atoms with Crippen LogP contribution in [0.15, 0.2) is 71.2 Å². The molecule has 11 heteroatoms. The Morgan fingerprint density at radius 3 is 2.53 bits per heavy atom. The Kier molecular flexibility index (Phi) is 6.57. The molecule has 0 spiro atoms. The molecule has 0 aliphatic heterocycles. The second-order valence-electron chi connectivity index (χ2n) is 7.89. The van der Waals surface area contributed by atoms with E-state index in [0.717, 1.165) is 33.4 Å². The van der Waals surface area contributed by atoms with Crippen LogP contribution >= 0.6 is 34.5 Å². The Hall–Kier alpha value is -3.24. The van der Waals surface area contributed by atoms with Crippen LogP contribution in [0, 0.1) is 6.92 Å². The Labute approximate surface area is 221 Å². The summed E-state index contributed by atoms with van der Waals surface area (Å²) in [4.78, 5) is 4.67. The number of rotatable bonds is 6. The molecule has 2 aromatic heterocycles. The highest BCUT2D eigenvalue weighted by atomic mass is 35.5. The summed E-state index contributed by atoms with van der Waals surface area (Å²) in [7, 11) is -2.25. The Morgan fingerprint density at radius 1 is 0.972 bits per heavy atom. The van der Waals surface area contributed by atoms with Gasteiger partial charge in [0.25, 0.3) is 10.0 Å². The van der Waals surface area contributed by atoms with Crippen LogP contribution in [0.25, 0.3) is 33.2 Å². The van der Waals surface area contributed by atoms with Gasteiger partial charge >= 0.3 is 0 Å². The van der Waals surface area contributed by atoms with Crippen molar-refractivity contribution in [3.8, 4) is 28.1 Å². The maximum atomic E-state index is 12.8. The monoisotopic (exact) mass is 556 g/mol. The normalized spacial score (nSPS) is 11.6. The van der Waals surface area contributed by atoms with Gasteiger partial charge in [0, 0.05) is 32.8 Å². The summed E-state index contributed by atoms with van der Waals surface area (Å²) in [5, 5.41) is 10.2. The lowest BCUT2D eigenvalue weighted by atomic mass is 9.98. The van der Waals surface area contributed by atoms with Gasteiger partial charge in [-0.2, -0.15) is 0 Å². The van der Waals surface area contributed by atoms with E-state index in [0.29, 0.717) is 32.4 Å². The first kappa shape index (κ1) is 24.5. The summed E-state index contributed by atoms with van der Waals surface area (Å²) in [5.74, 6) is 0.580. The minimum Gasteiger partial charge on any atom is -0.496 e. The number of methoxy groups -OCH3 is 1. The average Bonchev–Trinajstić information content (AvgIpc) is 3.37. The molecule has 5 aromatic rings. The average molecular weight is 557 g/mol. The molecule has 0 unspecified atom stereocenters. The number of aromatic nitrogens is 3. The maximum absolute atomic E-state index is 12.8. The van der Waals surface area contributed by atoms with Crippen LogP contribution in [-0.2, 0) is 10.0 Å². The van der Waals surface area contributed by atoms with Crippen molar-refractivity contribution < 1.29 is 13.2 Å². The highest BCUT2D eigenvalue weighted by Gasteiger charge is 2.19. The van der Waals surface area contributed by atoms with E-state index < -0.39 is 10.0 Å². The number of hydrogen-bond donors (Lipinski definition) is 1. The molecular weight excluding hydrogens is 539 g/mol. The molecule has 0 atom stereocenters. The lowest BCUT2D eigenvalue weighted by Crippen LogP contribution is -2.12. The third-order valence-electron chi connectivity index (χ3n) is 5.64. The molecule has 2 heterocycles. The first-order chi connectivity index (χ1) is 17.3. The minimum absolute atomic E-state index is 0.0980. The molecule has 36 heavy (non-hydrogen) atoms. The van der Waals surface area contributed by atoms with Crippen molar-refractivity contribution in [1.29, 1.82) is 0 Å². The van der Waals surface area contributed by atoms with Gasteiger partial charge in [-0.3, -0.25) is 9.71 Å². The third kappa shape index (κ3) is 4.62. The molecule has 0 amide bonds. The highest BCUT2D eigenvalue weighted by molar-refractivity contribution is 7.93. The van der Waals surface area contributed by atoms with Crippen LogP contribution in [0.3, 0.4) is 0 Å². The first-order valence-corrected chi connectivity index (χ1v) is 13.7. The Bertz CT molecular complexity index is 1710. The van der Waals surface area contributed by atoms with E-state index in [1.807, 2.05) is 37.3 Å². The zero-order valence-corrected chi connectivity index (χ0v) is 22.1. The van der Waals surface area contributed by atoms with Gasteiger partial charge in [0.2, 0.25) is 5.13 Å². The molecule has 7 nitrogen and oxygen atoms in total. The van der Waals surface area contributed by atoms with Crippen molar-refractivity contribution in [2.45, 2.75) is 11.8 Å². The van der Waals surface area contributed by atoms with Crippen molar-refractivity contribution in [3.05, 3.63) is 81.9 Å². The molecule has 0 saturated carbocycles. The molecule has 5 rings (SSSR count). The number of anilines is 1. The molecule has 0 aliphatic rings. The van der Waals surface area contributed by atoms with Gasteiger partial charge in [-0.05, 0) is 65.9 Å². The molecule has 0 saturated heterocycles. The number of fused-ring (bicyclic) bond motifs is 1. The molecule has 0 radical (unpaired) electrons. The van der Waals surface area contributed by atoms with Crippen LogP contribution < -0.4 is 9.46 Å². The van der Waals surface area contributed by atoms with Crippen LogP contribution in [0.5, 0.6) is 5.75 Å². The molecule has 0 bridgehead atoms. The molecule has 3 aromatic carbocycles. The smallest absolute Gasteiger partial charge is 0.263 e. The van der Waals surface area contributed by atoms with Crippen molar-refractivity contribution in [3.63, 3.8) is 0 Å². The highest BCUT2D eigenvalue weighted by Crippen LogP contribution is 2.41. The van der Waals surface area contributed by atoms with E-state index in [2.05, 4.69) is 19.9 Å². The van der Waals surface area contributed by atoms with Crippen molar-refractivity contribution in [2.24, 2.45) is 0 Å². The van der Waals surface area contributed by atoms with E-state index >= 15 is 0 Å². The van der Waals surface area contributed by atoms with Crippen molar-refractivity contribution in [1.82, 2.24) is 15.2 Å². The largest absolute Gasteiger partial charge is 0.496 e. The number of nitrogens with zero attached hydrogens (tertiary/aromatic N) is 3. The topological polar surface area (TPSA) is 94.1 Å². The van der Waals surface area contributed by atoms with E-state index in [4.69, 9.17) is 27.9 Å². The number of nitrogens with one attached hydrogen (secondary N) is 1. The van der Waals surface area contributed by atoms with Crippen molar-refractivity contribution in [2.75, 3.05) is 11.8 Å². The Morgan fingerprint density at radius 2 is 1.81 bits per heavy atom. The van der Waals surface area contributed by atoms with Gasteiger partial charge in [-0.1, -0.05) is 46.7 Å². The summed E-state index contributed by atoms with van der Waals surface area (Å²) >= 11 is 14.0.